The van der Waals surface area contributed by atoms with Crippen molar-refractivity contribution in [2.45, 2.75) is 30.6 Å². The van der Waals surface area contributed by atoms with Crippen LogP contribution in [-0.4, -0.2) is 62.1 Å². The Bertz CT molecular complexity index is 1640. The zero-order valence-corrected chi connectivity index (χ0v) is 25.1. The third-order valence-electron chi connectivity index (χ3n) is 7.20. The first-order valence-electron chi connectivity index (χ1n) is 13.7. The van der Waals surface area contributed by atoms with Crippen LogP contribution in [-0.2, 0) is 14.9 Å². The fourth-order valence-corrected chi connectivity index (χ4v) is 5.17. The molecule has 224 valence electrons. The third-order valence-corrected chi connectivity index (χ3v) is 8.06. The maximum absolute atomic E-state index is 12.9. The smallest absolute Gasteiger partial charge is 0.337 e. The van der Waals surface area contributed by atoms with E-state index in [1.165, 1.54) is 29.7 Å². The summed E-state index contributed by atoms with van der Waals surface area (Å²) in [6.45, 7) is 3.58. The maximum Gasteiger partial charge on any atom is 0.337 e. The molecule has 3 aromatic carbocycles. The van der Waals surface area contributed by atoms with Gasteiger partial charge in [-0.2, -0.15) is 13.4 Å². The Morgan fingerprint density at radius 3 is 2.09 bits per heavy atom. The highest BCUT2D eigenvalue weighted by atomic mass is 32.2. The number of aromatic nitrogens is 2. The molecule has 1 saturated heterocycles. The van der Waals surface area contributed by atoms with E-state index in [9.17, 15) is 18.0 Å². The lowest BCUT2D eigenvalue weighted by Crippen LogP contribution is -2.35. The molecule has 5 rings (SSSR count). The van der Waals surface area contributed by atoms with E-state index in [1.807, 2.05) is 13.0 Å². The van der Waals surface area contributed by atoms with Gasteiger partial charge >= 0.3 is 5.97 Å². The molecule has 0 atom stereocenters. The van der Waals surface area contributed by atoms with Crippen LogP contribution in [0.25, 0.3) is 0 Å². The van der Waals surface area contributed by atoms with Crippen molar-refractivity contribution in [2.75, 3.05) is 37.0 Å². The van der Waals surface area contributed by atoms with Crippen LogP contribution < -0.4 is 9.80 Å². The number of carbonyl (C=O) groups excluding carboxylic acids is 2. The van der Waals surface area contributed by atoms with Crippen LogP contribution in [0.3, 0.4) is 0 Å². The van der Waals surface area contributed by atoms with Gasteiger partial charge < -0.3 is 9.64 Å². The molecule has 43 heavy (non-hydrogen) atoms. The molecular formula is C32H34N4O6S. The number of nitrogens with zero attached hydrogens (tertiary/aromatic N) is 4. The molecule has 0 bridgehead atoms. The summed E-state index contributed by atoms with van der Waals surface area (Å²) in [4.78, 5) is 37.2. The summed E-state index contributed by atoms with van der Waals surface area (Å²) in [6, 6.07) is 24.7. The van der Waals surface area contributed by atoms with Crippen molar-refractivity contribution in [3.63, 3.8) is 0 Å². The Morgan fingerprint density at radius 2 is 1.51 bits per heavy atom. The highest BCUT2D eigenvalue weighted by Crippen LogP contribution is 2.29. The van der Waals surface area contributed by atoms with Gasteiger partial charge in [0, 0.05) is 31.9 Å². The lowest BCUT2D eigenvalue weighted by molar-refractivity contribution is 0.0600. The molecule has 0 radical (unpaired) electrons. The van der Waals surface area contributed by atoms with Crippen molar-refractivity contribution in [3.05, 3.63) is 113 Å². The van der Waals surface area contributed by atoms with Crippen LogP contribution in [0.4, 0.5) is 11.8 Å². The van der Waals surface area contributed by atoms with Crippen LogP contribution in [0.2, 0.25) is 0 Å². The highest BCUT2D eigenvalue weighted by molar-refractivity contribution is 7.85. The number of carbonyl (C=O) groups is 2. The van der Waals surface area contributed by atoms with Gasteiger partial charge in [0.1, 0.15) is 5.82 Å². The van der Waals surface area contributed by atoms with E-state index < -0.39 is 16.1 Å². The quantitative estimate of drug-likeness (QED) is 0.235. The van der Waals surface area contributed by atoms with Gasteiger partial charge in [0.2, 0.25) is 5.95 Å². The van der Waals surface area contributed by atoms with Crippen LogP contribution in [0.5, 0.6) is 0 Å². The Morgan fingerprint density at radius 1 is 0.907 bits per heavy atom. The largest absolute Gasteiger partial charge is 0.465 e. The average molecular weight is 603 g/mol. The second-order valence-electron chi connectivity index (χ2n) is 10.1. The summed E-state index contributed by atoms with van der Waals surface area (Å²) in [7, 11) is -1.01. The summed E-state index contributed by atoms with van der Waals surface area (Å²) in [6.07, 6.45) is 3.77. The molecular weight excluding hydrogens is 568 g/mol. The Balaban J connectivity index is 0.000000324. The fourth-order valence-electron chi connectivity index (χ4n) is 4.69. The van der Waals surface area contributed by atoms with Gasteiger partial charge in [-0.15, -0.1) is 0 Å². The van der Waals surface area contributed by atoms with Crippen LogP contribution in [0.15, 0.2) is 96.0 Å². The minimum atomic E-state index is -4.02. The number of esters is 1. The summed E-state index contributed by atoms with van der Waals surface area (Å²) in [5, 5.41) is 0. The monoisotopic (exact) mass is 602 g/mol. The number of anilines is 2. The van der Waals surface area contributed by atoms with Gasteiger partial charge in [0.15, 0.2) is 0 Å². The van der Waals surface area contributed by atoms with Crippen molar-refractivity contribution in [2.24, 2.45) is 0 Å². The topological polar surface area (TPSA) is 130 Å². The number of hydrogen-bond acceptors (Lipinski definition) is 8. The Labute approximate surface area is 251 Å². The summed E-state index contributed by atoms with van der Waals surface area (Å²) < 4.78 is 34.3. The lowest BCUT2D eigenvalue weighted by Gasteiger charge is -2.32. The second kappa shape index (κ2) is 14.0. The Kier molecular flexibility index (Phi) is 10.2. The zero-order chi connectivity index (χ0) is 31.0. The molecule has 11 heteroatoms. The van der Waals surface area contributed by atoms with Crippen LogP contribution in [0.1, 0.15) is 50.6 Å². The van der Waals surface area contributed by atoms with Crippen LogP contribution in [0, 0.1) is 6.92 Å². The number of piperidine rings is 1. The molecule has 2 heterocycles. The van der Waals surface area contributed by atoms with E-state index in [4.69, 9.17) is 9.29 Å². The second-order valence-corrected chi connectivity index (χ2v) is 11.5. The van der Waals surface area contributed by atoms with Gasteiger partial charge in [-0.25, -0.2) is 9.78 Å². The van der Waals surface area contributed by atoms with Crippen molar-refractivity contribution in [1.29, 1.82) is 0 Å². The summed E-state index contributed by atoms with van der Waals surface area (Å²) in [5.41, 5.74) is 3.20. The predicted molar refractivity (Wildman–Crippen MR) is 164 cm³/mol. The molecule has 10 nitrogen and oxygen atoms in total. The van der Waals surface area contributed by atoms with E-state index in [0.717, 1.165) is 31.5 Å². The van der Waals surface area contributed by atoms with Crippen LogP contribution >= 0.6 is 0 Å². The molecule has 0 aliphatic carbocycles. The number of hydrogen-bond donors (Lipinski definition) is 1. The third kappa shape index (κ3) is 8.24. The lowest BCUT2D eigenvalue weighted by atomic mass is 9.90. The van der Waals surface area contributed by atoms with Crippen molar-refractivity contribution < 1.29 is 27.3 Å². The summed E-state index contributed by atoms with van der Waals surface area (Å²) in [5.74, 6) is 1.06. The number of benzene rings is 3. The Hall–Kier alpha value is -4.61. The highest BCUT2D eigenvalue weighted by Gasteiger charge is 2.23. The first-order chi connectivity index (χ1) is 20.6. The van der Waals surface area contributed by atoms with Gasteiger partial charge in [0.05, 0.1) is 17.6 Å². The minimum absolute atomic E-state index is 0.0666. The number of amides is 1. The molecule has 0 unspecified atom stereocenters. The number of ether oxygens (including phenoxy) is 1. The number of rotatable bonds is 6. The van der Waals surface area contributed by atoms with E-state index in [-0.39, 0.29) is 10.8 Å². The standard InChI is InChI=1S/C25H26N4O3.C7H8O3S/c1-28(23(30)20-8-10-21(11-9-20)24(31)32-2)22-12-15-26-25(27-22)29-16-13-19(14-17-29)18-6-4-3-5-7-18;1-6-2-4-7(5-3-6)11(8,9)10/h3-12,15,19H,13-14,16-17H2,1-2H3;2-5H,1H3,(H,8,9,10). The van der Waals surface area contributed by atoms with Gasteiger partial charge in [-0.1, -0.05) is 48.0 Å². The van der Waals surface area contributed by atoms with Gasteiger partial charge in [0.25, 0.3) is 16.0 Å². The molecule has 0 saturated carbocycles. The van der Waals surface area contributed by atoms with Gasteiger partial charge in [-0.3, -0.25) is 14.2 Å². The predicted octanol–water partition coefficient (Wildman–Crippen LogP) is 5.17. The molecule has 1 aliphatic rings. The van der Waals surface area contributed by atoms with E-state index in [2.05, 4.69) is 39.1 Å². The van der Waals surface area contributed by atoms with Gasteiger partial charge in [-0.05, 0) is 73.7 Å². The average Bonchev–Trinajstić information content (AvgIpc) is 3.04. The van der Waals surface area contributed by atoms with Crippen molar-refractivity contribution in [3.8, 4) is 0 Å². The number of methoxy groups -OCH3 is 1. The van der Waals surface area contributed by atoms with Crippen molar-refractivity contribution >= 4 is 33.8 Å². The molecule has 1 aromatic heterocycles. The molecule has 1 aliphatic heterocycles. The van der Waals surface area contributed by atoms with E-state index in [1.54, 1.807) is 55.7 Å². The molecule has 1 fully saturated rings. The number of aryl methyl sites for hydroxylation is 1. The molecule has 1 amide bonds. The van der Waals surface area contributed by atoms with Crippen molar-refractivity contribution in [1.82, 2.24) is 9.97 Å². The minimum Gasteiger partial charge on any atom is -0.465 e. The fraction of sp³-hybridized carbons (Fsp3) is 0.250. The molecule has 1 N–H and O–H groups in total. The summed E-state index contributed by atoms with van der Waals surface area (Å²) >= 11 is 0. The SMILES string of the molecule is COC(=O)c1ccc(C(=O)N(C)c2ccnc(N3CCC(c4ccccc4)CC3)n2)cc1.Cc1ccc(S(=O)(=O)O)cc1. The molecule has 4 aromatic rings. The first kappa shape index (κ1) is 31.3. The first-order valence-corrected chi connectivity index (χ1v) is 15.1. The normalized spacial score (nSPS) is 13.4. The zero-order valence-electron chi connectivity index (χ0n) is 24.3. The molecule has 0 spiro atoms. The maximum atomic E-state index is 12.9. The van der Waals surface area contributed by atoms with E-state index >= 15 is 0 Å². The van der Waals surface area contributed by atoms with E-state index in [0.29, 0.717) is 28.8 Å².